The van der Waals surface area contributed by atoms with Crippen LogP contribution in [-0.2, 0) is 9.59 Å². The van der Waals surface area contributed by atoms with Crippen LogP contribution in [0.1, 0.15) is 5.56 Å². The summed E-state index contributed by atoms with van der Waals surface area (Å²) >= 11 is 0. The van der Waals surface area contributed by atoms with E-state index in [0.29, 0.717) is 6.29 Å². The molecule has 122 valence electrons. The number of nitrogens with one attached hydrogen (secondary N) is 1. The average molecular weight is 329 g/mol. The van der Waals surface area contributed by atoms with Crippen LogP contribution < -0.4 is 5.32 Å². The van der Waals surface area contributed by atoms with Gasteiger partial charge in [-0.1, -0.05) is 12.1 Å². The van der Waals surface area contributed by atoms with Crippen LogP contribution in [0.25, 0.3) is 6.08 Å². The summed E-state index contributed by atoms with van der Waals surface area (Å²) in [5, 5.41) is 12.1. The number of hydrogen-bond acceptors (Lipinski definition) is 3. The van der Waals surface area contributed by atoms with Crippen LogP contribution in [0.5, 0.6) is 5.75 Å². The monoisotopic (exact) mass is 329 g/mol. The molecule has 0 bridgehead atoms. The Morgan fingerprint density at radius 2 is 1.88 bits per heavy atom. The Balaban J connectivity index is 2.37. The van der Waals surface area contributed by atoms with E-state index >= 15 is 0 Å². The Labute approximate surface area is 136 Å². The molecule has 2 aromatic carbocycles. The number of para-hydroxylation sites is 2. The first kappa shape index (κ1) is 17.1. The van der Waals surface area contributed by atoms with Crippen LogP contribution in [0.4, 0.5) is 14.5 Å². The minimum absolute atomic E-state index is 0.0881. The molecule has 2 rings (SSSR count). The fourth-order valence-corrected chi connectivity index (χ4v) is 1.90. The van der Waals surface area contributed by atoms with Gasteiger partial charge in [0, 0.05) is 11.1 Å². The highest BCUT2D eigenvalue weighted by Gasteiger charge is 2.11. The molecule has 0 fully saturated rings. The number of benzene rings is 2. The molecule has 0 saturated heterocycles. The number of phenols is 1. The molecule has 6 heteroatoms. The van der Waals surface area contributed by atoms with E-state index in [1.807, 2.05) is 0 Å². The largest absolute Gasteiger partial charge is 0.506 e. The number of carbonyl (C=O) groups is 2. The van der Waals surface area contributed by atoms with Crippen LogP contribution in [0.2, 0.25) is 0 Å². The number of carbonyl (C=O) groups excluding carboxylic acids is 2. The Kier molecular flexibility index (Phi) is 5.57. The van der Waals surface area contributed by atoms with Crippen molar-refractivity contribution in [1.82, 2.24) is 0 Å². The second kappa shape index (κ2) is 7.82. The molecule has 4 nitrogen and oxygen atoms in total. The van der Waals surface area contributed by atoms with Crippen molar-refractivity contribution in [2.75, 3.05) is 5.32 Å². The van der Waals surface area contributed by atoms with Gasteiger partial charge in [-0.3, -0.25) is 9.59 Å². The van der Waals surface area contributed by atoms with E-state index in [1.165, 1.54) is 12.1 Å². The summed E-state index contributed by atoms with van der Waals surface area (Å²) in [6.45, 7) is 0. The van der Waals surface area contributed by atoms with Crippen LogP contribution in [0.15, 0.2) is 60.2 Å². The van der Waals surface area contributed by atoms with Crippen molar-refractivity contribution >= 4 is 24.0 Å². The maximum Gasteiger partial charge on any atom is 0.255 e. The van der Waals surface area contributed by atoms with Gasteiger partial charge in [0.15, 0.2) is 0 Å². The molecular formula is C18H13F2NO3. The fraction of sp³-hybridized carbons (Fsp3) is 0. The van der Waals surface area contributed by atoms with E-state index in [4.69, 9.17) is 0 Å². The molecule has 24 heavy (non-hydrogen) atoms. The molecule has 0 saturated carbocycles. The molecule has 0 aromatic heterocycles. The highest BCUT2D eigenvalue weighted by atomic mass is 19.1. The molecule has 0 aliphatic carbocycles. The van der Waals surface area contributed by atoms with Crippen LogP contribution in [0.3, 0.4) is 0 Å². The number of amides is 1. The van der Waals surface area contributed by atoms with E-state index in [2.05, 4.69) is 5.32 Å². The summed E-state index contributed by atoms with van der Waals surface area (Å²) in [5.74, 6) is -2.23. The SMILES string of the molecule is O=C/C=C\C(=C\c1cc(F)ccc1F)C(=O)Nc1ccccc1O. The number of phenolic OH excluding ortho intramolecular Hbond substituents is 1. The molecule has 0 unspecified atom stereocenters. The van der Waals surface area contributed by atoms with E-state index in [9.17, 15) is 23.5 Å². The third-order valence-corrected chi connectivity index (χ3v) is 3.04. The lowest BCUT2D eigenvalue weighted by Gasteiger charge is -2.08. The molecular weight excluding hydrogens is 316 g/mol. The Bertz CT molecular complexity index is 829. The van der Waals surface area contributed by atoms with Gasteiger partial charge in [-0.15, -0.1) is 0 Å². The van der Waals surface area contributed by atoms with Gasteiger partial charge in [-0.05, 0) is 48.6 Å². The molecule has 0 spiro atoms. The van der Waals surface area contributed by atoms with Crippen molar-refractivity contribution in [3.8, 4) is 5.75 Å². The number of allylic oxidation sites excluding steroid dienone is 1. The molecule has 2 aromatic rings. The predicted octanol–water partition coefficient (Wildman–Crippen LogP) is 3.45. The van der Waals surface area contributed by atoms with E-state index in [1.54, 1.807) is 12.1 Å². The summed E-state index contributed by atoms with van der Waals surface area (Å²) < 4.78 is 27.0. The number of aldehydes is 1. The Morgan fingerprint density at radius 3 is 2.58 bits per heavy atom. The summed E-state index contributed by atoms with van der Waals surface area (Å²) in [6.07, 6.45) is 3.76. The zero-order valence-electron chi connectivity index (χ0n) is 12.4. The lowest BCUT2D eigenvalue weighted by atomic mass is 10.1. The fourth-order valence-electron chi connectivity index (χ4n) is 1.90. The number of rotatable bonds is 5. The first-order chi connectivity index (χ1) is 11.5. The molecule has 2 N–H and O–H groups in total. The summed E-state index contributed by atoms with van der Waals surface area (Å²) in [6, 6.07) is 8.85. The quantitative estimate of drug-likeness (QED) is 0.382. The van der Waals surface area contributed by atoms with Gasteiger partial charge in [0.25, 0.3) is 5.91 Å². The van der Waals surface area contributed by atoms with Crippen molar-refractivity contribution in [3.63, 3.8) is 0 Å². The van der Waals surface area contributed by atoms with Gasteiger partial charge < -0.3 is 10.4 Å². The van der Waals surface area contributed by atoms with Crippen LogP contribution in [-0.4, -0.2) is 17.3 Å². The van der Waals surface area contributed by atoms with E-state index < -0.39 is 17.5 Å². The van der Waals surface area contributed by atoms with Gasteiger partial charge >= 0.3 is 0 Å². The van der Waals surface area contributed by atoms with Gasteiger partial charge in [0.2, 0.25) is 0 Å². The number of halogens is 2. The van der Waals surface area contributed by atoms with Gasteiger partial charge in [-0.25, -0.2) is 8.78 Å². The molecule has 0 radical (unpaired) electrons. The third kappa shape index (κ3) is 4.36. The zero-order chi connectivity index (χ0) is 17.5. The highest BCUT2D eigenvalue weighted by molar-refractivity contribution is 6.09. The molecule has 0 heterocycles. The number of hydrogen-bond donors (Lipinski definition) is 2. The zero-order valence-corrected chi connectivity index (χ0v) is 12.4. The van der Waals surface area contributed by atoms with Crippen molar-refractivity contribution in [2.24, 2.45) is 0 Å². The van der Waals surface area contributed by atoms with Gasteiger partial charge in [-0.2, -0.15) is 0 Å². The van der Waals surface area contributed by atoms with Crippen LogP contribution in [0, 0.1) is 11.6 Å². The number of aromatic hydroxyl groups is 1. The minimum atomic E-state index is -0.719. The molecule has 0 aliphatic rings. The van der Waals surface area contributed by atoms with Crippen molar-refractivity contribution in [1.29, 1.82) is 0 Å². The van der Waals surface area contributed by atoms with Crippen molar-refractivity contribution < 1.29 is 23.5 Å². The second-order valence-electron chi connectivity index (χ2n) is 4.73. The van der Waals surface area contributed by atoms with Crippen molar-refractivity contribution in [2.45, 2.75) is 0 Å². The standard InChI is InChI=1S/C18H13F2NO3/c19-14-7-8-15(20)13(11-14)10-12(4-3-9-22)18(24)21-16-5-1-2-6-17(16)23/h1-11,23H,(H,21,24)/b4-3-,12-10-. The Hall–Kier alpha value is -3.28. The second-order valence-corrected chi connectivity index (χ2v) is 4.73. The van der Waals surface area contributed by atoms with Crippen LogP contribution >= 0.6 is 0 Å². The third-order valence-electron chi connectivity index (χ3n) is 3.04. The molecule has 0 atom stereocenters. The Morgan fingerprint density at radius 1 is 1.12 bits per heavy atom. The summed E-state index contributed by atoms with van der Waals surface area (Å²) in [4.78, 5) is 22.8. The molecule has 1 amide bonds. The van der Waals surface area contributed by atoms with Gasteiger partial charge in [0.1, 0.15) is 23.7 Å². The maximum absolute atomic E-state index is 13.7. The normalized spacial score (nSPS) is 11.5. The minimum Gasteiger partial charge on any atom is -0.506 e. The van der Waals surface area contributed by atoms with Gasteiger partial charge in [0.05, 0.1) is 5.69 Å². The van der Waals surface area contributed by atoms with E-state index in [-0.39, 0.29) is 22.6 Å². The van der Waals surface area contributed by atoms with E-state index in [0.717, 1.165) is 36.4 Å². The summed E-state index contributed by atoms with van der Waals surface area (Å²) in [7, 11) is 0. The number of anilines is 1. The first-order valence-electron chi connectivity index (χ1n) is 6.89. The lowest BCUT2D eigenvalue weighted by Crippen LogP contribution is -2.13. The summed E-state index contributed by atoms with van der Waals surface area (Å²) in [5.41, 5.74) is -0.0875. The first-order valence-corrected chi connectivity index (χ1v) is 6.89. The average Bonchev–Trinajstić information content (AvgIpc) is 2.56. The molecule has 0 aliphatic heterocycles. The smallest absolute Gasteiger partial charge is 0.255 e. The predicted molar refractivity (Wildman–Crippen MR) is 86.3 cm³/mol. The topological polar surface area (TPSA) is 66.4 Å². The maximum atomic E-state index is 13.7. The lowest BCUT2D eigenvalue weighted by molar-refractivity contribution is -0.112. The highest BCUT2D eigenvalue weighted by Crippen LogP contribution is 2.23. The van der Waals surface area contributed by atoms with Crippen molar-refractivity contribution in [3.05, 3.63) is 77.4 Å².